The van der Waals surface area contributed by atoms with Gasteiger partial charge in [-0.2, -0.15) is 0 Å². The molecule has 0 radical (unpaired) electrons. The first-order chi connectivity index (χ1) is 12.6. The highest BCUT2D eigenvalue weighted by Gasteiger charge is 2.37. The molecule has 26 heavy (non-hydrogen) atoms. The van der Waals surface area contributed by atoms with Crippen LogP contribution in [0.5, 0.6) is 11.6 Å². The van der Waals surface area contributed by atoms with Gasteiger partial charge in [0.15, 0.2) is 0 Å². The Morgan fingerprint density at radius 2 is 2.23 bits per heavy atom. The Morgan fingerprint density at radius 1 is 1.35 bits per heavy atom. The van der Waals surface area contributed by atoms with Gasteiger partial charge in [0.25, 0.3) is 5.91 Å². The van der Waals surface area contributed by atoms with Crippen molar-refractivity contribution in [1.82, 2.24) is 15.3 Å². The van der Waals surface area contributed by atoms with E-state index in [9.17, 15) is 14.7 Å². The van der Waals surface area contributed by atoms with Gasteiger partial charge in [-0.1, -0.05) is 6.07 Å². The first kappa shape index (κ1) is 17.8. The Kier molecular flexibility index (Phi) is 5.43. The van der Waals surface area contributed by atoms with Crippen molar-refractivity contribution in [3.05, 3.63) is 48.4 Å². The second-order valence-corrected chi connectivity index (χ2v) is 6.13. The number of amides is 1. The maximum atomic E-state index is 12.7. The standard InChI is InChI=1S/C18H19N3O5/c22-16(23)10-18(5-2-8-25-12-18)21-17(24)13-3-1-4-14(9-13)26-15-11-19-6-7-20-15/h1,3-4,6-7,9,11H,2,5,8,10,12H2,(H,21,24)(H,22,23). The molecule has 1 unspecified atom stereocenters. The molecule has 136 valence electrons. The molecule has 1 aromatic heterocycles. The number of benzene rings is 1. The zero-order valence-electron chi connectivity index (χ0n) is 14.1. The average molecular weight is 357 g/mol. The second-order valence-electron chi connectivity index (χ2n) is 6.13. The summed E-state index contributed by atoms with van der Waals surface area (Å²) in [6.45, 7) is 0.750. The lowest BCUT2D eigenvalue weighted by atomic mass is 9.88. The molecule has 8 heteroatoms. The number of carboxylic acid groups (broad SMARTS) is 1. The number of carboxylic acids is 1. The number of carbonyl (C=O) groups is 2. The Morgan fingerprint density at radius 3 is 2.92 bits per heavy atom. The monoisotopic (exact) mass is 357 g/mol. The van der Waals surface area contributed by atoms with Crippen molar-refractivity contribution < 1.29 is 24.2 Å². The molecule has 1 fully saturated rings. The summed E-state index contributed by atoms with van der Waals surface area (Å²) in [5.74, 6) is -0.602. The van der Waals surface area contributed by atoms with Gasteiger partial charge in [0.2, 0.25) is 5.88 Å². The molecule has 0 bridgehead atoms. The lowest BCUT2D eigenvalue weighted by molar-refractivity contribution is -0.140. The van der Waals surface area contributed by atoms with Crippen molar-refractivity contribution in [2.45, 2.75) is 24.8 Å². The molecule has 1 amide bonds. The zero-order chi connectivity index (χ0) is 18.4. The third-order valence-electron chi connectivity index (χ3n) is 4.05. The summed E-state index contributed by atoms with van der Waals surface area (Å²) in [6.07, 6.45) is 5.57. The molecule has 1 saturated heterocycles. The minimum Gasteiger partial charge on any atom is -0.481 e. The van der Waals surface area contributed by atoms with E-state index in [4.69, 9.17) is 9.47 Å². The Hall–Kier alpha value is -3.00. The minimum atomic E-state index is -0.976. The van der Waals surface area contributed by atoms with Gasteiger partial charge < -0.3 is 19.9 Å². The molecule has 8 nitrogen and oxygen atoms in total. The molecular weight excluding hydrogens is 338 g/mol. The van der Waals surface area contributed by atoms with Gasteiger partial charge in [0.05, 0.1) is 24.8 Å². The van der Waals surface area contributed by atoms with Crippen LogP contribution in [0.25, 0.3) is 0 Å². The van der Waals surface area contributed by atoms with E-state index in [2.05, 4.69) is 15.3 Å². The van der Waals surface area contributed by atoms with Crippen LogP contribution in [0.4, 0.5) is 0 Å². The van der Waals surface area contributed by atoms with Crippen molar-refractivity contribution in [2.24, 2.45) is 0 Å². The Bertz CT molecular complexity index is 775. The summed E-state index contributed by atoms with van der Waals surface area (Å²) in [4.78, 5) is 31.8. The van der Waals surface area contributed by atoms with E-state index in [-0.39, 0.29) is 18.9 Å². The van der Waals surface area contributed by atoms with E-state index < -0.39 is 11.5 Å². The van der Waals surface area contributed by atoms with Crippen LogP contribution in [0, 0.1) is 0 Å². The normalized spacial score (nSPS) is 19.5. The largest absolute Gasteiger partial charge is 0.481 e. The molecule has 1 atom stereocenters. The third-order valence-corrected chi connectivity index (χ3v) is 4.05. The van der Waals surface area contributed by atoms with Crippen molar-refractivity contribution >= 4 is 11.9 Å². The number of nitrogens with zero attached hydrogens (tertiary/aromatic N) is 2. The van der Waals surface area contributed by atoms with E-state index >= 15 is 0 Å². The van der Waals surface area contributed by atoms with Crippen molar-refractivity contribution in [1.29, 1.82) is 0 Å². The number of hydrogen-bond acceptors (Lipinski definition) is 6. The molecule has 3 rings (SSSR count). The highest BCUT2D eigenvalue weighted by molar-refractivity contribution is 5.95. The van der Waals surface area contributed by atoms with Crippen LogP contribution in [0.3, 0.4) is 0 Å². The van der Waals surface area contributed by atoms with E-state index in [1.165, 1.54) is 18.6 Å². The molecule has 1 aliphatic rings. The van der Waals surface area contributed by atoms with Crippen LogP contribution >= 0.6 is 0 Å². The quantitative estimate of drug-likeness (QED) is 0.813. The van der Waals surface area contributed by atoms with E-state index in [0.29, 0.717) is 36.6 Å². The Balaban J connectivity index is 1.74. The van der Waals surface area contributed by atoms with Crippen LogP contribution in [-0.4, -0.2) is 45.7 Å². The minimum absolute atomic E-state index is 0.181. The number of ether oxygens (including phenoxy) is 2. The SMILES string of the molecule is O=C(O)CC1(NC(=O)c2cccc(Oc3cnccn3)c2)CCCOC1. The maximum absolute atomic E-state index is 12.7. The predicted octanol–water partition coefficient (Wildman–Crippen LogP) is 2.02. The smallest absolute Gasteiger partial charge is 0.305 e. The first-order valence-corrected chi connectivity index (χ1v) is 8.22. The molecule has 2 heterocycles. The van der Waals surface area contributed by atoms with Crippen molar-refractivity contribution in [3.63, 3.8) is 0 Å². The fourth-order valence-electron chi connectivity index (χ4n) is 2.90. The van der Waals surface area contributed by atoms with E-state index in [1.807, 2.05) is 0 Å². The summed E-state index contributed by atoms with van der Waals surface area (Å²) < 4.78 is 11.0. The van der Waals surface area contributed by atoms with Gasteiger partial charge in [0.1, 0.15) is 5.75 Å². The predicted molar refractivity (Wildman–Crippen MR) is 91.1 cm³/mol. The van der Waals surface area contributed by atoms with E-state index in [1.54, 1.807) is 24.3 Å². The summed E-state index contributed by atoms with van der Waals surface area (Å²) in [5, 5.41) is 12.0. The number of nitrogens with one attached hydrogen (secondary N) is 1. The third kappa shape index (κ3) is 4.54. The molecule has 2 aromatic rings. The molecule has 0 spiro atoms. The number of carbonyl (C=O) groups excluding carboxylic acids is 1. The van der Waals surface area contributed by atoms with Crippen molar-refractivity contribution in [2.75, 3.05) is 13.2 Å². The lowest BCUT2D eigenvalue weighted by Gasteiger charge is -2.36. The van der Waals surface area contributed by atoms with Gasteiger partial charge in [-0.25, -0.2) is 4.98 Å². The van der Waals surface area contributed by atoms with Gasteiger partial charge in [0, 0.05) is 24.6 Å². The maximum Gasteiger partial charge on any atom is 0.305 e. The second kappa shape index (κ2) is 7.92. The molecule has 0 aliphatic carbocycles. The fourth-order valence-corrected chi connectivity index (χ4v) is 2.90. The topological polar surface area (TPSA) is 111 Å². The average Bonchev–Trinajstić information content (AvgIpc) is 2.63. The van der Waals surface area contributed by atoms with Crippen LogP contribution in [-0.2, 0) is 9.53 Å². The Labute approximate surface area is 150 Å². The molecule has 1 aliphatic heterocycles. The lowest BCUT2D eigenvalue weighted by Crippen LogP contribution is -2.55. The number of hydrogen-bond donors (Lipinski definition) is 2. The summed E-state index contributed by atoms with van der Waals surface area (Å²) in [5.41, 5.74) is -0.537. The van der Waals surface area contributed by atoms with Gasteiger partial charge >= 0.3 is 5.97 Å². The zero-order valence-corrected chi connectivity index (χ0v) is 14.1. The molecule has 0 saturated carbocycles. The number of aromatic nitrogens is 2. The van der Waals surface area contributed by atoms with Gasteiger partial charge in [-0.3, -0.25) is 14.6 Å². The highest BCUT2D eigenvalue weighted by atomic mass is 16.5. The molecule has 2 N–H and O–H groups in total. The van der Waals surface area contributed by atoms with Crippen LogP contribution in [0.2, 0.25) is 0 Å². The van der Waals surface area contributed by atoms with Gasteiger partial charge in [-0.05, 0) is 31.0 Å². The van der Waals surface area contributed by atoms with Gasteiger partial charge in [-0.15, -0.1) is 0 Å². The number of rotatable bonds is 6. The summed E-state index contributed by atoms with van der Waals surface area (Å²) in [7, 11) is 0. The van der Waals surface area contributed by atoms with Crippen LogP contribution in [0.1, 0.15) is 29.6 Å². The van der Waals surface area contributed by atoms with E-state index in [0.717, 1.165) is 0 Å². The molecule has 1 aromatic carbocycles. The first-order valence-electron chi connectivity index (χ1n) is 8.22. The summed E-state index contributed by atoms with van der Waals surface area (Å²) >= 11 is 0. The molecular formula is C18H19N3O5. The van der Waals surface area contributed by atoms with Crippen LogP contribution < -0.4 is 10.1 Å². The van der Waals surface area contributed by atoms with Crippen molar-refractivity contribution in [3.8, 4) is 11.6 Å². The summed E-state index contributed by atoms with van der Waals surface area (Å²) in [6, 6.07) is 6.59. The highest BCUT2D eigenvalue weighted by Crippen LogP contribution is 2.25. The fraction of sp³-hybridized carbons (Fsp3) is 0.333. The number of aliphatic carboxylic acids is 1. The van der Waals surface area contributed by atoms with Crippen LogP contribution in [0.15, 0.2) is 42.9 Å².